The Hall–Kier alpha value is -0.610. The fourth-order valence-electron chi connectivity index (χ4n) is 4.76. The van der Waals surface area contributed by atoms with Crippen LogP contribution >= 0.6 is 0 Å². The summed E-state index contributed by atoms with van der Waals surface area (Å²) in [6.07, 6.45) is 6.47. The molecule has 4 aliphatic carbocycles. The maximum atomic E-state index is 12.3. The van der Waals surface area contributed by atoms with Gasteiger partial charge in [0.15, 0.2) is 0 Å². The molecule has 0 aromatic rings. The van der Waals surface area contributed by atoms with Crippen LogP contribution in [0, 0.1) is 29.6 Å². The number of hydrogen-bond donors (Lipinski definition) is 2. The molecule has 0 aromatic heterocycles. The van der Waals surface area contributed by atoms with E-state index >= 15 is 0 Å². The normalized spacial score (nSPS) is 42.9. The molecule has 1 amide bonds. The largest absolute Gasteiger partial charge is 0.353 e. The Morgan fingerprint density at radius 2 is 1.78 bits per heavy atom. The van der Waals surface area contributed by atoms with Crippen LogP contribution < -0.4 is 11.2 Å². The van der Waals surface area contributed by atoms with Crippen molar-refractivity contribution in [1.29, 1.82) is 0 Å². The van der Waals surface area contributed by atoms with Crippen molar-refractivity contribution in [2.24, 2.45) is 35.5 Å². The zero-order valence-corrected chi connectivity index (χ0v) is 11.1. The first kappa shape index (κ1) is 12.4. The smallest absolute Gasteiger partial charge is 0.223 e. The predicted octanol–water partition coefficient (Wildman–Crippen LogP) is 1.45. The van der Waals surface area contributed by atoms with E-state index in [1.165, 1.54) is 32.1 Å². The Labute approximate surface area is 109 Å². The van der Waals surface area contributed by atoms with Crippen molar-refractivity contribution in [2.45, 2.75) is 45.1 Å². The highest BCUT2D eigenvalue weighted by Crippen LogP contribution is 2.56. The lowest BCUT2D eigenvalue weighted by Gasteiger charge is -2.53. The summed E-state index contributed by atoms with van der Waals surface area (Å²) in [5.41, 5.74) is 0. The summed E-state index contributed by atoms with van der Waals surface area (Å²) in [6.45, 7) is 2.40. The first-order chi connectivity index (χ1) is 8.67. The summed E-state index contributed by atoms with van der Waals surface area (Å²) in [7, 11) is 0. The SMILES string of the molecule is CC(CNC(=O)C1C2CC3CC(C2)CC1C3)ON. The van der Waals surface area contributed by atoms with Gasteiger partial charge in [-0.3, -0.25) is 9.63 Å². The van der Waals surface area contributed by atoms with E-state index in [0.29, 0.717) is 18.4 Å². The first-order valence-electron chi connectivity index (χ1n) is 7.30. The van der Waals surface area contributed by atoms with E-state index in [-0.39, 0.29) is 17.9 Å². The molecular weight excluding hydrogens is 228 g/mol. The molecule has 3 N–H and O–H groups in total. The van der Waals surface area contributed by atoms with E-state index in [4.69, 9.17) is 10.7 Å². The maximum Gasteiger partial charge on any atom is 0.223 e. The van der Waals surface area contributed by atoms with Crippen LogP contribution in [0.3, 0.4) is 0 Å². The number of carbonyl (C=O) groups is 1. The van der Waals surface area contributed by atoms with Gasteiger partial charge in [0.05, 0.1) is 6.10 Å². The third-order valence-corrected chi connectivity index (χ3v) is 5.33. The number of nitrogens with one attached hydrogen (secondary N) is 1. The van der Waals surface area contributed by atoms with Crippen LogP contribution in [-0.4, -0.2) is 18.6 Å². The molecule has 4 saturated carbocycles. The summed E-state index contributed by atoms with van der Waals surface area (Å²) >= 11 is 0. The highest BCUT2D eigenvalue weighted by atomic mass is 16.6. The van der Waals surface area contributed by atoms with E-state index in [2.05, 4.69) is 5.32 Å². The molecule has 1 atom stereocenters. The summed E-state index contributed by atoms with van der Waals surface area (Å²) in [6, 6.07) is 0. The number of rotatable bonds is 4. The number of carbonyl (C=O) groups excluding carboxylic acids is 1. The second kappa shape index (κ2) is 4.82. The first-order valence-corrected chi connectivity index (χ1v) is 7.30. The highest BCUT2D eigenvalue weighted by Gasteiger charge is 2.50. The maximum absolute atomic E-state index is 12.3. The average Bonchev–Trinajstić information content (AvgIpc) is 2.34. The predicted molar refractivity (Wildman–Crippen MR) is 68.3 cm³/mol. The standard InChI is InChI=1S/C14H24N2O2/c1-8(18-15)7-16-14(17)13-11-3-9-2-10(5-11)6-12(13)4-9/h8-13H,2-7,15H2,1H3,(H,16,17). The van der Waals surface area contributed by atoms with E-state index in [1.807, 2.05) is 6.92 Å². The molecule has 0 saturated heterocycles. The van der Waals surface area contributed by atoms with Crippen molar-refractivity contribution in [3.63, 3.8) is 0 Å². The van der Waals surface area contributed by atoms with Crippen LogP contribution in [0.4, 0.5) is 0 Å². The molecule has 18 heavy (non-hydrogen) atoms. The number of hydrogen-bond acceptors (Lipinski definition) is 3. The van der Waals surface area contributed by atoms with Gasteiger partial charge in [0, 0.05) is 12.5 Å². The van der Waals surface area contributed by atoms with Gasteiger partial charge in [-0.05, 0) is 62.7 Å². The van der Waals surface area contributed by atoms with Crippen molar-refractivity contribution in [3.8, 4) is 0 Å². The number of amides is 1. The number of nitrogens with two attached hydrogens (primary N) is 1. The fraction of sp³-hybridized carbons (Fsp3) is 0.929. The zero-order valence-electron chi connectivity index (χ0n) is 11.1. The van der Waals surface area contributed by atoms with Crippen molar-refractivity contribution >= 4 is 5.91 Å². The van der Waals surface area contributed by atoms with Crippen molar-refractivity contribution in [2.75, 3.05) is 6.54 Å². The molecule has 4 rings (SSSR count). The second-order valence-corrected chi connectivity index (χ2v) is 6.65. The Kier molecular flexibility index (Phi) is 3.32. The van der Waals surface area contributed by atoms with E-state index in [1.54, 1.807) is 0 Å². The quantitative estimate of drug-likeness (QED) is 0.744. The van der Waals surface area contributed by atoms with Crippen molar-refractivity contribution in [3.05, 3.63) is 0 Å². The summed E-state index contributed by atoms with van der Waals surface area (Å²) < 4.78 is 0. The molecule has 1 unspecified atom stereocenters. The lowest BCUT2D eigenvalue weighted by Crippen LogP contribution is -2.51. The Morgan fingerprint density at radius 1 is 1.22 bits per heavy atom. The molecule has 0 aliphatic heterocycles. The topological polar surface area (TPSA) is 64.3 Å². The van der Waals surface area contributed by atoms with Crippen LogP contribution in [-0.2, 0) is 9.63 Å². The molecule has 4 bridgehead atoms. The lowest BCUT2D eigenvalue weighted by atomic mass is 9.51. The van der Waals surface area contributed by atoms with Crippen LogP contribution in [0.15, 0.2) is 0 Å². The van der Waals surface area contributed by atoms with Gasteiger partial charge in [0.2, 0.25) is 5.91 Å². The summed E-state index contributed by atoms with van der Waals surface area (Å²) in [4.78, 5) is 17.0. The Balaban J connectivity index is 1.60. The molecule has 0 radical (unpaired) electrons. The molecule has 4 aliphatic rings. The Bertz CT molecular complexity index is 304. The van der Waals surface area contributed by atoms with Gasteiger partial charge in [-0.2, -0.15) is 0 Å². The van der Waals surface area contributed by atoms with Gasteiger partial charge in [-0.1, -0.05) is 0 Å². The van der Waals surface area contributed by atoms with E-state index in [9.17, 15) is 4.79 Å². The average molecular weight is 252 g/mol. The minimum absolute atomic E-state index is 0.106. The molecule has 0 spiro atoms. The van der Waals surface area contributed by atoms with Crippen LogP contribution in [0.1, 0.15) is 39.0 Å². The van der Waals surface area contributed by atoms with Crippen molar-refractivity contribution in [1.82, 2.24) is 5.32 Å². The minimum Gasteiger partial charge on any atom is -0.353 e. The van der Waals surface area contributed by atoms with Gasteiger partial charge in [0.1, 0.15) is 0 Å². The third kappa shape index (κ3) is 2.16. The van der Waals surface area contributed by atoms with Gasteiger partial charge < -0.3 is 5.32 Å². The highest BCUT2D eigenvalue weighted by molar-refractivity contribution is 5.79. The lowest BCUT2D eigenvalue weighted by molar-refractivity contribution is -0.138. The molecule has 0 heterocycles. The van der Waals surface area contributed by atoms with Crippen LogP contribution in [0.25, 0.3) is 0 Å². The van der Waals surface area contributed by atoms with Gasteiger partial charge in [-0.25, -0.2) is 5.90 Å². The van der Waals surface area contributed by atoms with Crippen molar-refractivity contribution < 1.29 is 9.63 Å². The second-order valence-electron chi connectivity index (χ2n) is 6.65. The minimum atomic E-state index is -0.106. The molecule has 0 aromatic carbocycles. The third-order valence-electron chi connectivity index (χ3n) is 5.33. The van der Waals surface area contributed by atoms with Gasteiger partial charge in [-0.15, -0.1) is 0 Å². The molecule has 4 fully saturated rings. The zero-order chi connectivity index (χ0) is 12.7. The molecule has 102 valence electrons. The monoisotopic (exact) mass is 252 g/mol. The molecule has 4 nitrogen and oxygen atoms in total. The molecular formula is C14H24N2O2. The molecule has 4 heteroatoms. The summed E-state index contributed by atoms with van der Waals surface area (Å²) in [5.74, 6) is 8.75. The van der Waals surface area contributed by atoms with Crippen LogP contribution in [0.2, 0.25) is 0 Å². The summed E-state index contributed by atoms with van der Waals surface area (Å²) in [5, 5.41) is 3.02. The van der Waals surface area contributed by atoms with E-state index in [0.717, 1.165) is 11.8 Å². The van der Waals surface area contributed by atoms with E-state index < -0.39 is 0 Å². The van der Waals surface area contributed by atoms with Gasteiger partial charge in [0.25, 0.3) is 0 Å². The Morgan fingerprint density at radius 3 is 2.28 bits per heavy atom. The fourth-order valence-corrected chi connectivity index (χ4v) is 4.76. The van der Waals surface area contributed by atoms with Gasteiger partial charge >= 0.3 is 0 Å². The van der Waals surface area contributed by atoms with Crippen LogP contribution in [0.5, 0.6) is 0 Å².